The maximum Gasteiger partial charge on any atom is 0.314 e. The molecule has 1 aliphatic rings. The molecular weight excluding hydrogens is 302 g/mol. The first-order valence-corrected chi connectivity index (χ1v) is 7.98. The average Bonchev–Trinajstić information content (AvgIpc) is 3.04. The number of carbonyl (C=O) groups is 2. The van der Waals surface area contributed by atoms with Crippen LogP contribution in [0.2, 0.25) is 5.02 Å². The molecule has 1 unspecified atom stereocenters. The van der Waals surface area contributed by atoms with Crippen molar-refractivity contribution in [1.82, 2.24) is 16.0 Å². The molecule has 1 atom stereocenters. The van der Waals surface area contributed by atoms with Crippen molar-refractivity contribution < 1.29 is 9.59 Å². The van der Waals surface area contributed by atoms with E-state index in [1.165, 1.54) is 19.9 Å². The van der Waals surface area contributed by atoms with Gasteiger partial charge in [-0.2, -0.15) is 0 Å². The molecule has 1 aliphatic carbocycles. The lowest BCUT2D eigenvalue weighted by Gasteiger charge is -2.25. The summed E-state index contributed by atoms with van der Waals surface area (Å²) >= 11 is 6.08. The van der Waals surface area contributed by atoms with E-state index in [2.05, 4.69) is 16.0 Å². The Hall–Kier alpha value is -1.75. The van der Waals surface area contributed by atoms with Crippen LogP contribution in [0.3, 0.4) is 0 Å². The van der Waals surface area contributed by atoms with Crippen LogP contribution in [0.1, 0.15) is 37.3 Å². The number of hydrogen-bond donors (Lipinski definition) is 3. The van der Waals surface area contributed by atoms with E-state index in [9.17, 15) is 9.59 Å². The summed E-state index contributed by atoms with van der Waals surface area (Å²) in [5, 5.41) is 8.63. The summed E-state index contributed by atoms with van der Waals surface area (Å²) in [6.07, 6.45) is 4.57. The Labute approximate surface area is 135 Å². The van der Waals surface area contributed by atoms with Gasteiger partial charge in [0.2, 0.25) is 5.91 Å². The van der Waals surface area contributed by atoms with E-state index in [4.69, 9.17) is 11.6 Å². The van der Waals surface area contributed by atoms with Crippen molar-refractivity contribution in [2.24, 2.45) is 5.92 Å². The van der Waals surface area contributed by atoms with Gasteiger partial charge in [-0.05, 0) is 36.5 Å². The molecule has 1 saturated carbocycles. The van der Waals surface area contributed by atoms with Gasteiger partial charge in [-0.15, -0.1) is 0 Å². The highest BCUT2D eigenvalue weighted by Gasteiger charge is 2.27. The first-order valence-electron chi connectivity index (χ1n) is 7.60. The standard InChI is InChI=1S/C16H22ClN3O2/c1-18-16(22)19-10-14(21)20-15(11-5-2-3-6-11)12-7-4-8-13(17)9-12/h4,7-9,11,15H,2-3,5-6,10H2,1H3,(H,20,21)(H2,18,19,22). The summed E-state index contributed by atoms with van der Waals surface area (Å²) in [6, 6.07) is 7.19. The molecule has 6 heteroatoms. The zero-order valence-electron chi connectivity index (χ0n) is 12.7. The average molecular weight is 324 g/mol. The molecule has 0 aromatic heterocycles. The lowest BCUT2D eigenvalue weighted by atomic mass is 9.91. The van der Waals surface area contributed by atoms with E-state index in [0.29, 0.717) is 10.9 Å². The quantitative estimate of drug-likeness (QED) is 0.779. The van der Waals surface area contributed by atoms with Gasteiger partial charge in [0.25, 0.3) is 0 Å². The van der Waals surface area contributed by atoms with Crippen LogP contribution >= 0.6 is 11.6 Å². The third-order valence-corrected chi connectivity index (χ3v) is 4.27. The smallest absolute Gasteiger partial charge is 0.314 e. The number of halogens is 1. The van der Waals surface area contributed by atoms with E-state index in [1.807, 2.05) is 24.3 Å². The van der Waals surface area contributed by atoms with E-state index >= 15 is 0 Å². The van der Waals surface area contributed by atoms with Crippen molar-refractivity contribution >= 4 is 23.5 Å². The zero-order valence-corrected chi connectivity index (χ0v) is 13.5. The normalized spacial score (nSPS) is 16.1. The fourth-order valence-corrected chi connectivity index (χ4v) is 3.14. The molecule has 5 nitrogen and oxygen atoms in total. The van der Waals surface area contributed by atoms with Gasteiger partial charge in [0.05, 0.1) is 12.6 Å². The molecule has 120 valence electrons. The number of benzene rings is 1. The molecule has 0 aliphatic heterocycles. The van der Waals surface area contributed by atoms with Crippen molar-refractivity contribution in [3.63, 3.8) is 0 Å². The molecule has 0 bridgehead atoms. The molecule has 3 N–H and O–H groups in total. The summed E-state index contributed by atoms with van der Waals surface area (Å²) in [6.45, 7) is -0.0382. The Morgan fingerprint density at radius 1 is 1.32 bits per heavy atom. The Morgan fingerprint density at radius 3 is 2.68 bits per heavy atom. The maximum atomic E-state index is 12.1. The summed E-state index contributed by atoms with van der Waals surface area (Å²) < 4.78 is 0. The number of hydrogen-bond acceptors (Lipinski definition) is 2. The van der Waals surface area contributed by atoms with Gasteiger partial charge in [0.15, 0.2) is 0 Å². The van der Waals surface area contributed by atoms with Crippen LogP contribution in [0, 0.1) is 5.92 Å². The SMILES string of the molecule is CNC(=O)NCC(=O)NC(c1cccc(Cl)c1)C1CCCC1. The molecule has 2 rings (SSSR count). The van der Waals surface area contributed by atoms with Gasteiger partial charge in [-0.25, -0.2) is 4.79 Å². The maximum absolute atomic E-state index is 12.1. The first kappa shape index (κ1) is 16.6. The largest absolute Gasteiger partial charge is 0.347 e. The van der Waals surface area contributed by atoms with E-state index in [0.717, 1.165) is 18.4 Å². The second-order valence-corrected chi connectivity index (χ2v) is 6.01. The fourth-order valence-electron chi connectivity index (χ4n) is 2.94. The summed E-state index contributed by atoms with van der Waals surface area (Å²) in [7, 11) is 1.51. The predicted octanol–water partition coefficient (Wildman–Crippen LogP) is 2.62. The first-order chi connectivity index (χ1) is 10.6. The van der Waals surface area contributed by atoms with Crippen molar-refractivity contribution in [3.8, 4) is 0 Å². The highest BCUT2D eigenvalue weighted by atomic mass is 35.5. The highest BCUT2D eigenvalue weighted by Crippen LogP contribution is 2.36. The molecule has 1 fully saturated rings. The number of rotatable bonds is 5. The van der Waals surface area contributed by atoms with Gasteiger partial charge < -0.3 is 16.0 Å². The summed E-state index contributed by atoms with van der Waals surface area (Å²) in [5.41, 5.74) is 1.02. The van der Waals surface area contributed by atoms with Gasteiger partial charge >= 0.3 is 6.03 Å². The van der Waals surface area contributed by atoms with Crippen molar-refractivity contribution in [2.45, 2.75) is 31.7 Å². The third-order valence-electron chi connectivity index (χ3n) is 4.03. The molecule has 3 amide bonds. The van der Waals surface area contributed by atoms with Crippen LogP contribution in [0.15, 0.2) is 24.3 Å². The van der Waals surface area contributed by atoms with Gasteiger partial charge in [-0.3, -0.25) is 4.79 Å². The molecule has 0 radical (unpaired) electrons. The lowest BCUT2D eigenvalue weighted by Crippen LogP contribution is -2.43. The van der Waals surface area contributed by atoms with Gasteiger partial charge in [0, 0.05) is 12.1 Å². The predicted molar refractivity (Wildman–Crippen MR) is 86.8 cm³/mol. The summed E-state index contributed by atoms with van der Waals surface area (Å²) in [4.78, 5) is 23.3. The van der Waals surface area contributed by atoms with Crippen molar-refractivity contribution in [2.75, 3.05) is 13.6 Å². The fraction of sp³-hybridized carbons (Fsp3) is 0.500. The van der Waals surface area contributed by atoms with Gasteiger partial charge in [0.1, 0.15) is 0 Å². The summed E-state index contributed by atoms with van der Waals surface area (Å²) in [5.74, 6) is 0.225. The molecule has 0 saturated heterocycles. The highest BCUT2D eigenvalue weighted by molar-refractivity contribution is 6.30. The van der Waals surface area contributed by atoms with E-state index in [1.54, 1.807) is 0 Å². The van der Waals surface area contributed by atoms with Crippen LogP contribution in [0.25, 0.3) is 0 Å². The number of nitrogens with one attached hydrogen (secondary N) is 3. The molecule has 22 heavy (non-hydrogen) atoms. The Morgan fingerprint density at radius 2 is 2.05 bits per heavy atom. The minimum absolute atomic E-state index is 0.0382. The number of urea groups is 1. The van der Waals surface area contributed by atoms with Crippen molar-refractivity contribution in [3.05, 3.63) is 34.9 Å². The molecule has 1 aromatic carbocycles. The lowest BCUT2D eigenvalue weighted by molar-refractivity contribution is -0.121. The molecule has 0 spiro atoms. The number of carbonyl (C=O) groups excluding carboxylic acids is 2. The van der Waals surface area contributed by atoms with E-state index in [-0.39, 0.29) is 24.5 Å². The van der Waals surface area contributed by atoms with Crippen LogP contribution in [-0.4, -0.2) is 25.5 Å². The Kier molecular flexibility index (Phi) is 6.07. The second kappa shape index (κ2) is 8.03. The van der Waals surface area contributed by atoms with Crippen LogP contribution < -0.4 is 16.0 Å². The molecule has 0 heterocycles. The van der Waals surface area contributed by atoms with Crippen LogP contribution in [-0.2, 0) is 4.79 Å². The monoisotopic (exact) mass is 323 g/mol. The minimum Gasteiger partial charge on any atom is -0.347 e. The second-order valence-electron chi connectivity index (χ2n) is 5.58. The van der Waals surface area contributed by atoms with E-state index < -0.39 is 0 Å². The number of amides is 3. The van der Waals surface area contributed by atoms with Crippen molar-refractivity contribution in [1.29, 1.82) is 0 Å². The Bertz CT molecular complexity index is 530. The topological polar surface area (TPSA) is 70.2 Å². The molecular formula is C16H22ClN3O2. The third kappa shape index (κ3) is 4.63. The van der Waals surface area contributed by atoms with Crippen LogP contribution in [0.5, 0.6) is 0 Å². The zero-order chi connectivity index (χ0) is 15.9. The minimum atomic E-state index is -0.365. The van der Waals surface area contributed by atoms with Crippen LogP contribution in [0.4, 0.5) is 4.79 Å². The van der Waals surface area contributed by atoms with Gasteiger partial charge in [-0.1, -0.05) is 36.6 Å². The molecule has 1 aromatic rings. The Balaban J connectivity index is 2.05.